The van der Waals surface area contributed by atoms with E-state index in [1.54, 1.807) is 0 Å². The van der Waals surface area contributed by atoms with Crippen molar-refractivity contribution >= 4 is 49.0 Å². The zero-order valence-electron chi connectivity index (χ0n) is 19.8. The average molecular weight is 588 g/mol. The second-order valence-electron chi connectivity index (χ2n) is 8.07. The summed E-state index contributed by atoms with van der Waals surface area (Å²) in [5, 5.41) is 18.9. The molecular weight excluding hydrogens is 570 g/mol. The quantitative estimate of drug-likeness (QED) is 0.0474. The molecule has 2 aliphatic rings. The van der Waals surface area contributed by atoms with E-state index >= 15 is 0 Å². The Bertz CT molecular complexity index is 2030. The maximum Gasteiger partial charge on any atom is 0.511 e. The lowest BCUT2D eigenvalue weighted by molar-refractivity contribution is 0.0957. The number of nitrogens with two attached hydrogens (primary N) is 1. The third kappa shape index (κ3) is 5.04. The molecule has 0 spiro atoms. The molecule has 1 aliphatic heterocycles. The molecule has 0 radical (unpaired) electrons. The molecule has 4 rings (SSSR count). The number of fused-ring (bicyclic) bond motifs is 2. The van der Waals surface area contributed by atoms with Gasteiger partial charge in [0, 0.05) is 27.6 Å². The van der Waals surface area contributed by atoms with Gasteiger partial charge in [0.25, 0.3) is 26.1 Å². The highest BCUT2D eigenvalue weighted by Gasteiger charge is 2.31. The third-order valence-corrected chi connectivity index (χ3v) is 7.43. The van der Waals surface area contributed by atoms with E-state index in [2.05, 4.69) is 11.2 Å². The van der Waals surface area contributed by atoms with Crippen LogP contribution in [0, 0.1) is 17.8 Å². The number of ether oxygens (including phenoxy) is 1. The molecule has 7 N–H and O–H groups in total. The van der Waals surface area contributed by atoms with Gasteiger partial charge in [-0.2, -0.15) is 16.8 Å². The van der Waals surface area contributed by atoms with Gasteiger partial charge in [-0.25, -0.2) is 4.79 Å². The number of hydrogen-bond donors (Lipinski definition) is 6. The molecule has 0 aromatic heterocycles. The standard InChI is InChI=1S/C24H17N3O11S2/c1-2-9-27-23(28)11-3-4-12(17(10-11)37-24(29)30)18-13-5-7-15(25)21(39(31,32)33)19(13)38-20-14(18)6-8-16(26)22(20)40(34,35)36/h1,3-8,10,25H,9,26H2,(H,27,28)(H,29,30)(H,31,32,33)(H,34,35,36). The number of anilines is 1. The third-order valence-electron chi connectivity index (χ3n) is 5.57. The minimum Gasteiger partial charge on any atom is -0.453 e. The van der Waals surface area contributed by atoms with Crippen molar-refractivity contribution in [3.8, 4) is 40.5 Å². The number of carbonyl (C=O) groups excluding carboxylic acids is 1. The van der Waals surface area contributed by atoms with Crippen molar-refractivity contribution in [3.05, 3.63) is 53.4 Å². The molecule has 2 aromatic carbocycles. The van der Waals surface area contributed by atoms with Crippen LogP contribution in [-0.4, -0.2) is 49.7 Å². The fraction of sp³-hybridized carbons (Fsp3) is 0.0417. The summed E-state index contributed by atoms with van der Waals surface area (Å²) >= 11 is 0. The molecule has 0 fully saturated rings. The van der Waals surface area contributed by atoms with Crippen LogP contribution in [0.15, 0.2) is 56.7 Å². The highest BCUT2D eigenvalue weighted by molar-refractivity contribution is 7.86. The van der Waals surface area contributed by atoms with E-state index in [1.807, 2.05) is 0 Å². The Hall–Kier alpha value is -4.95. The van der Waals surface area contributed by atoms with Gasteiger partial charge in [-0.3, -0.25) is 19.3 Å². The first-order valence-corrected chi connectivity index (χ1v) is 13.6. The van der Waals surface area contributed by atoms with Crippen LogP contribution in [0.4, 0.5) is 10.5 Å². The van der Waals surface area contributed by atoms with Gasteiger partial charge in [-0.15, -0.1) is 6.42 Å². The number of carboxylic acid groups (broad SMARTS) is 1. The van der Waals surface area contributed by atoms with Gasteiger partial charge in [0.1, 0.15) is 5.75 Å². The largest absolute Gasteiger partial charge is 0.511 e. The minimum atomic E-state index is -5.16. The number of rotatable bonds is 6. The van der Waals surface area contributed by atoms with Gasteiger partial charge in [-0.1, -0.05) is 5.92 Å². The molecule has 0 unspecified atom stereocenters. The van der Waals surface area contributed by atoms with Crippen LogP contribution in [-0.2, 0) is 20.2 Å². The Morgan fingerprint density at radius 1 is 1.02 bits per heavy atom. The summed E-state index contributed by atoms with van der Waals surface area (Å²) in [6, 6.07) is 8.06. The van der Waals surface area contributed by atoms with Crippen LogP contribution in [0.1, 0.15) is 10.4 Å². The molecule has 14 nitrogen and oxygen atoms in total. The summed E-state index contributed by atoms with van der Waals surface area (Å²) in [7, 11) is -10.3. The van der Waals surface area contributed by atoms with Crippen LogP contribution >= 0.6 is 0 Å². The fourth-order valence-corrected chi connectivity index (χ4v) is 5.56. The molecule has 206 valence electrons. The Morgan fingerprint density at radius 3 is 2.27 bits per heavy atom. The smallest absolute Gasteiger partial charge is 0.453 e. The van der Waals surface area contributed by atoms with Crippen molar-refractivity contribution in [1.29, 1.82) is 5.41 Å². The molecule has 0 atom stereocenters. The molecule has 2 aromatic rings. The molecule has 1 heterocycles. The van der Waals surface area contributed by atoms with Crippen LogP contribution in [0.3, 0.4) is 0 Å². The van der Waals surface area contributed by atoms with Crippen molar-refractivity contribution in [2.45, 2.75) is 9.79 Å². The normalized spacial score (nSPS) is 11.7. The van der Waals surface area contributed by atoms with Crippen LogP contribution in [0.5, 0.6) is 5.75 Å². The van der Waals surface area contributed by atoms with Crippen LogP contribution in [0.2, 0.25) is 0 Å². The summed E-state index contributed by atoms with van der Waals surface area (Å²) in [6.07, 6.45) is 3.34. The van der Waals surface area contributed by atoms with Crippen molar-refractivity contribution in [1.82, 2.24) is 5.32 Å². The topological polar surface area (TPSA) is 247 Å². The predicted octanol–water partition coefficient (Wildman–Crippen LogP) is 2.18. The Kier molecular flexibility index (Phi) is 7.00. The van der Waals surface area contributed by atoms with E-state index in [4.69, 9.17) is 26.7 Å². The number of hydrogen-bond acceptors (Lipinski definition) is 10. The molecule has 0 bridgehead atoms. The van der Waals surface area contributed by atoms with Gasteiger partial charge in [-0.05, 0) is 42.5 Å². The van der Waals surface area contributed by atoms with Gasteiger partial charge >= 0.3 is 6.16 Å². The lowest BCUT2D eigenvalue weighted by Gasteiger charge is -2.20. The monoisotopic (exact) mass is 587 g/mol. The Morgan fingerprint density at radius 2 is 1.68 bits per heavy atom. The number of nitrogens with one attached hydrogen (secondary N) is 2. The number of nitrogen functional groups attached to an aromatic ring is 1. The van der Waals surface area contributed by atoms with Crippen molar-refractivity contribution in [3.63, 3.8) is 0 Å². The Balaban J connectivity index is 2.24. The van der Waals surface area contributed by atoms with E-state index in [0.717, 1.165) is 18.2 Å². The molecule has 0 saturated heterocycles. The minimum absolute atomic E-state index is 0.0839. The van der Waals surface area contributed by atoms with Crippen LogP contribution < -0.4 is 21.1 Å². The van der Waals surface area contributed by atoms with E-state index < -0.39 is 70.2 Å². The van der Waals surface area contributed by atoms with Crippen molar-refractivity contribution in [2.24, 2.45) is 0 Å². The van der Waals surface area contributed by atoms with Gasteiger partial charge < -0.3 is 25.3 Å². The highest BCUT2D eigenvalue weighted by atomic mass is 32.2. The summed E-state index contributed by atoms with van der Waals surface area (Å²) in [5.74, 6) is 0.343. The van der Waals surface area contributed by atoms with Gasteiger partial charge in [0.2, 0.25) is 0 Å². The van der Waals surface area contributed by atoms with E-state index in [1.165, 1.54) is 24.3 Å². The number of benzene rings is 3. The molecule has 40 heavy (non-hydrogen) atoms. The first kappa shape index (κ1) is 28.1. The first-order chi connectivity index (χ1) is 18.6. The van der Waals surface area contributed by atoms with Gasteiger partial charge in [0.05, 0.1) is 17.6 Å². The number of terminal acetylenes is 1. The highest BCUT2D eigenvalue weighted by Crippen LogP contribution is 2.47. The molecule has 1 aliphatic carbocycles. The van der Waals surface area contributed by atoms with Crippen LogP contribution in [0.25, 0.3) is 33.4 Å². The van der Waals surface area contributed by atoms with Crippen molar-refractivity contribution < 1.29 is 49.8 Å². The SMILES string of the molecule is C#CCNC(=O)c1ccc(-c2c3ccc(=N)c(S(=O)(=O)O)c-3oc3c(S(=O)(=O)O)c(N)ccc23)c(OC(=O)O)c1. The predicted molar refractivity (Wildman–Crippen MR) is 138 cm³/mol. The molecular formula is C24H17N3O11S2. The second kappa shape index (κ2) is 9.98. The average Bonchev–Trinajstić information content (AvgIpc) is 2.83. The summed E-state index contributed by atoms with van der Waals surface area (Å²) in [4.78, 5) is 22.0. The first-order valence-electron chi connectivity index (χ1n) is 10.7. The fourth-order valence-electron chi connectivity index (χ4n) is 4.08. The number of carbonyl (C=O) groups is 2. The second-order valence-corrected chi connectivity index (χ2v) is 10.8. The van der Waals surface area contributed by atoms with E-state index in [9.17, 15) is 40.6 Å². The zero-order valence-corrected chi connectivity index (χ0v) is 21.5. The molecule has 0 saturated carbocycles. The van der Waals surface area contributed by atoms with E-state index in [0.29, 0.717) is 0 Å². The lowest BCUT2D eigenvalue weighted by atomic mass is 9.92. The molecule has 1 amide bonds. The van der Waals surface area contributed by atoms with Crippen molar-refractivity contribution in [2.75, 3.05) is 12.3 Å². The summed E-state index contributed by atoms with van der Waals surface area (Å²) in [5.41, 5.74) is 4.14. The molecule has 16 heteroatoms. The lowest BCUT2D eigenvalue weighted by Crippen LogP contribution is -2.23. The zero-order chi connectivity index (χ0) is 29.6. The Labute approximate surface area is 225 Å². The summed E-state index contributed by atoms with van der Waals surface area (Å²) < 4.78 is 79.3. The van der Waals surface area contributed by atoms with Gasteiger partial charge in [0.15, 0.2) is 21.1 Å². The maximum atomic E-state index is 12.5. The summed E-state index contributed by atoms with van der Waals surface area (Å²) in [6.45, 7) is -0.140. The maximum absolute atomic E-state index is 12.5. The number of amides is 1. The van der Waals surface area contributed by atoms with E-state index in [-0.39, 0.29) is 34.2 Å².